The van der Waals surface area contributed by atoms with E-state index in [2.05, 4.69) is 15.9 Å². The summed E-state index contributed by atoms with van der Waals surface area (Å²) in [5, 5.41) is 0. The molecule has 1 amide bonds. The number of piperidine rings is 1. The van der Waals surface area contributed by atoms with Crippen LogP contribution in [-0.4, -0.2) is 19.2 Å². The lowest BCUT2D eigenvalue weighted by Crippen LogP contribution is -2.35. The van der Waals surface area contributed by atoms with E-state index >= 15 is 0 Å². The Morgan fingerprint density at radius 3 is 2.71 bits per heavy atom. The van der Waals surface area contributed by atoms with E-state index < -0.39 is 0 Å². The zero-order valence-electron chi connectivity index (χ0n) is 9.24. The second-order valence-corrected chi connectivity index (χ2v) is 5.01. The molecule has 0 radical (unpaired) electrons. The predicted octanol–water partition coefficient (Wildman–Crippen LogP) is 2.69. The summed E-state index contributed by atoms with van der Waals surface area (Å²) in [5.41, 5.74) is 0.874. The summed E-state index contributed by atoms with van der Waals surface area (Å²) in [7, 11) is 0. The molecule has 2 aliphatic heterocycles. The van der Waals surface area contributed by atoms with Crippen LogP contribution in [-0.2, 0) is 4.79 Å². The molecule has 1 aromatic carbocycles. The van der Waals surface area contributed by atoms with Crippen LogP contribution < -0.4 is 14.4 Å². The number of benzene rings is 1. The Kier molecular flexibility index (Phi) is 2.70. The van der Waals surface area contributed by atoms with Gasteiger partial charge in [-0.1, -0.05) is 0 Å². The quantitative estimate of drug-likeness (QED) is 0.800. The molecule has 0 saturated carbocycles. The molecule has 4 nitrogen and oxygen atoms in total. The molecule has 0 atom stereocenters. The van der Waals surface area contributed by atoms with Gasteiger partial charge in [0.15, 0.2) is 11.5 Å². The second-order valence-electron chi connectivity index (χ2n) is 4.16. The fourth-order valence-electron chi connectivity index (χ4n) is 2.17. The van der Waals surface area contributed by atoms with Crippen LogP contribution in [0.2, 0.25) is 0 Å². The molecule has 2 heterocycles. The number of rotatable bonds is 1. The minimum Gasteiger partial charge on any atom is -0.454 e. The van der Waals surface area contributed by atoms with Gasteiger partial charge >= 0.3 is 0 Å². The van der Waals surface area contributed by atoms with Gasteiger partial charge in [0.05, 0.1) is 5.69 Å². The molecule has 90 valence electrons. The van der Waals surface area contributed by atoms with Crippen LogP contribution in [0.4, 0.5) is 5.69 Å². The Hall–Kier alpha value is -1.23. The van der Waals surface area contributed by atoms with Crippen molar-refractivity contribution in [3.63, 3.8) is 0 Å². The summed E-state index contributed by atoms with van der Waals surface area (Å²) in [6, 6.07) is 3.73. The van der Waals surface area contributed by atoms with Gasteiger partial charge in [0, 0.05) is 29.6 Å². The average molecular weight is 298 g/mol. The Morgan fingerprint density at radius 2 is 1.94 bits per heavy atom. The molecule has 1 fully saturated rings. The Labute approximate surface area is 108 Å². The maximum Gasteiger partial charge on any atom is 0.231 e. The highest BCUT2D eigenvalue weighted by molar-refractivity contribution is 9.10. The lowest BCUT2D eigenvalue weighted by molar-refractivity contribution is -0.119. The van der Waals surface area contributed by atoms with E-state index in [9.17, 15) is 4.79 Å². The number of carbonyl (C=O) groups excluding carboxylic acids is 1. The van der Waals surface area contributed by atoms with Gasteiger partial charge in [0.2, 0.25) is 12.7 Å². The summed E-state index contributed by atoms with van der Waals surface area (Å²) in [5.74, 6) is 1.61. The average Bonchev–Trinajstić information content (AvgIpc) is 2.76. The molecule has 17 heavy (non-hydrogen) atoms. The van der Waals surface area contributed by atoms with Gasteiger partial charge in [-0.2, -0.15) is 0 Å². The molecule has 1 aromatic rings. The number of fused-ring (bicyclic) bond motifs is 1. The van der Waals surface area contributed by atoms with Crippen molar-refractivity contribution in [2.24, 2.45) is 0 Å². The number of halogens is 1. The van der Waals surface area contributed by atoms with E-state index in [4.69, 9.17) is 9.47 Å². The van der Waals surface area contributed by atoms with E-state index in [0.717, 1.165) is 35.3 Å². The second kappa shape index (κ2) is 4.22. The summed E-state index contributed by atoms with van der Waals surface area (Å²) >= 11 is 3.48. The zero-order chi connectivity index (χ0) is 11.8. The van der Waals surface area contributed by atoms with E-state index in [1.54, 1.807) is 0 Å². The number of ether oxygens (including phenoxy) is 2. The van der Waals surface area contributed by atoms with Crippen molar-refractivity contribution in [3.05, 3.63) is 16.6 Å². The van der Waals surface area contributed by atoms with E-state index in [1.807, 2.05) is 17.0 Å². The smallest absolute Gasteiger partial charge is 0.231 e. The molecule has 0 unspecified atom stereocenters. The lowest BCUT2D eigenvalue weighted by Gasteiger charge is -2.27. The van der Waals surface area contributed by atoms with E-state index in [0.29, 0.717) is 12.2 Å². The Morgan fingerprint density at radius 1 is 1.18 bits per heavy atom. The number of amides is 1. The largest absolute Gasteiger partial charge is 0.454 e. The predicted molar refractivity (Wildman–Crippen MR) is 66.5 cm³/mol. The van der Waals surface area contributed by atoms with Gasteiger partial charge in [0.25, 0.3) is 0 Å². The van der Waals surface area contributed by atoms with Crippen molar-refractivity contribution in [2.75, 3.05) is 18.2 Å². The maximum absolute atomic E-state index is 11.9. The fourth-order valence-corrected chi connectivity index (χ4v) is 2.71. The molecule has 5 heteroatoms. The summed E-state index contributed by atoms with van der Waals surface area (Å²) in [6.07, 6.45) is 2.66. The number of hydrogen-bond acceptors (Lipinski definition) is 3. The maximum atomic E-state index is 11.9. The van der Waals surface area contributed by atoms with Crippen LogP contribution >= 0.6 is 15.9 Å². The molecular formula is C12H12BrNO3. The van der Waals surface area contributed by atoms with Crippen molar-refractivity contribution in [1.29, 1.82) is 0 Å². The third-order valence-electron chi connectivity index (χ3n) is 3.06. The molecule has 0 aliphatic carbocycles. The highest BCUT2D eigenvalue weighted by Gasteiger charge is 2.24. The van der Waals surface area contributed by atoms with Gasteiger partial charge in [-0.3, -0.25) is 4.79 Å². The molecule has 0 N–H and O–H groups in total. The number of anilines is 1. The molecular weight excluding hydrogens is 286 g/mol. The fraction of sp³-hybridized carbons (Fsp3) is 0.417. The topological polar surface area (TPSA) is 38.8 Å². The first-order chi connectivity index (χ1) is 8.25. The summed E-state index contributed by atoms with van der Waals surface area (Å²) in [4.78, 5) is 13.7. The van der Waals surface area contributed by atoms with Crippen molar-refractivity contribution in [3.8, 4) is 11.5 Å². The van der Waals surface area contributed by atoms with Gasteiger partial charge in [-0.05, 0) is 28.8 Å². The van der Waals surface area contributed by atoms with Crippen LogP contribution in [0.3, 0.4) is 0 Å². The van der Waals surface area contributed by atoms with Crippen molar-refractivity contribution >= 4 is 27.5 Å². The molecule has 2 aliphatic rings. The van der Waals surface area contributed by atoms with E-state index in [1.165, 1.54) is 0 Å². The van der Waals surface area contributed by atoms with Crippen molar-refractivity contribution < 1.29 is 14.3 Å². The Bertz CT molecular complexity index is 475. The molecule has 3 rings (SSSR count). The van der Waals surface area contributed by atoms with Gasteiger partial charge in [0.1, 0.15) is 0 Å². The number of hydrogen-bond donors (Lipinski definition) is 0. The third kappa shape index (κ3) is 1.88. The molecule has 0 aromatic heterocycles. The summed E-state index contributed by atoms with van der Waals surface area (Å²) in [6.45, 7) is 1.02. The van der Waals surface area contributed by atoms with E-state index in [-0.39, 0.29) is 12.7 Å². The molecule has 0 spiro atoms. The normalized spacial score (nSPS) is 18.6. The van der Waals surface area contributed by atoms with Gasteiger partial charge in [-0.15, -0.1) is 0 Å². The molecule has 0 bridgehead atoms. The molecule has 1 saturated heterocycles. The third-order valence-corrected chi connectivity index (χ3v) is 3.69. The SMILES string of the molecule is O=C1CCCCN1c1cc2c(cc1Br)OCO2. The first kappa shape index (κ1) is 10.9. The monoisotopic (exact) mass is 297 g/mol. The van der Waals surface area contributed by atoms with Crippen molar-refractivity contribution in [2.45, 2.75) is 19.3 Å². The first-order valence-corrected chi connectivity index (χ1v) is 6.44. The van der Waals surface area contributed by atoms with Crippen LogP contribution in [0, 0.1) is 0 Å². The standard InChI is InChI=1S/C12H12BrNO3/c13-8-5-10-11(17-7-16-10)6-9(8)14-4-2-1-3-12(14)15/h5-6H,1-4,7H2. The van der Waals surface area contributed by atoms with Gasteiger partial charge in [-0.25, -0.2) is 0 Å². The Balaban J connectivity index is 1.99. The minimum absolute atomic E-state index is 0.177. The number of nitrogens with zero attached hydrogens (tertiary/aromatic N) is 1. The van der Waals surface area contributed by atoms with Crippen LogP contribution in [0.5, 0.6) is 11.5 Å². The van der Waals surface area contributed by atoms with Crippen LogP contribution in [0.25, 0.3) is 0 Å². The van der Waals surface area contributed by atoms with Crippen LogP contribution in [0.1, 0.15) is 19.3 Å². The first-order valence-electron chi connectivity index (χ1n) is 5.65. The minimum atomic E-state index is 0.177. The highest BCUT2D eigenvalue weighted by Crippen LogP contribution is 2.41. The van der Waals surface area contributed by atoms with Crippen LogP contribution in [0.15, 0.2) is 16.6 Å². The zero-order valence-corrected chi connectivity index (χ0v) is 10.8. The summed E-state index contributed by atoms with van der Waals surface area (Å²) < 4.78 is 11.5. The number of carbonyl (C=O) groups is 1. The van der Waals surface area contributed by atoms with Gasteiger partial charge < -0.3 is 14.4 Å². The van der Waals surface area contributed by atoms with Crippen molar-refractivity contribution in [1.82, 2.24) is 0 Å². The lowest BCUT2D eigenvalue weighted by atomic mass is 10.1. The highest BCUT2D eigenvalue weighted by atomic mass is 79.9.